The number of rotatable bonds is 7. The van der Waals surface area contributed by atoms with Gasteiger partial charge in [0.15, 0.2) is 0 Å². The molecular weight excluding hydrogens is 378 g/mol. The number of sulfonamides is 1. The van der Waals surface area contributed by atoms with E-state index in [9.17, 15) is 8.42 Å². The van der Waals surface area contributed by atoms with Gasteiger partial charge in [-0.05, 0) is 85.1 Å². The molecule has 0 aliphatic heterocycles. The molecule has 0 spiro atoms. The lowest BCUT2D eigenvalue weighted by Crippen LogP contribution is -2.36. The fourth-order valence-electron chi connectivity index (χ4n) is 4.94. The smallest absolute Gasteiger partial charge is 0.229 e. The molecule has 2 aromatic carbocycles. The van der Waals surface area contributed by atoms with Crippen molar-refractivity contribution in [3.05, 3.63) is 65.2 Å². The van der Waals surface area contributed by atoms with Crippen molar-refractivity contribution in [1.82, 2.24) is 0 Å². The second-order valence-corrected chi connectivity index (χ2v) is 11.0. The molecule has 1 aliphatic carbocycles. The molecule has 0 saturated heterocycles. The molecule has 0 heterocycles. The van der Waals surface area contributed by atoms with Crippen LogP contribution in [0.5, 0.6) is 0 Å². The van der Waals surface area contributed by atoms with Gasteiger partial charge in [-0.25, -0.2) is 8.42 Å². The number of hydrogen-bond acceptors (Lipinski definition) is 2. The van der Waals surface area contributed by atoms with Gasteiger partial charge in [0.25, 0.3) is 0 Å². The molecule has 4 heteroatoms. The van der Waals surface area contributed by atoms with E-state index in [-0.39, 0.29) is 5.41 Å². The maximum atomic E-state index is 11.6. The average Bonchev–Trinajstić information content (AvgIpc) is 2.65. The van der Waals surface area contributed by atoms with Gasteiger partial charge in [0.05, 0.1) is 6.26 Å². The van der Waals surface area contributed by atoms with Gasteiger partial charge in [-0.15, -0.1) is 0 Å². The Bertz CT molecular complexity index is 937. The highest BCUT2D eigenvalue weighted by Gasteiger charge is 2.38. The summed E-state index contributed by atoms with van der Waals surface area (Å²) in [4.78, 5) is 0. The highest BCUT2D eigenvalue weighted by molar-refractivity contribution is 7.92. The Hall–Kier alpha value is -1.81. The van der Waals surface area contributed by atoms with E-state index < -0.39 is 10.0 Å². The van der Waals surface area contributed by atoms with Crippen molar-refractivity contribution in [3.63, 3.8) is 0 Å². The van der Waals surface area contributed by atoms with Crippen molar-refractivity contribution in [2.75, 3.05) is 11.0 Å². The summed E-state index contributed by atoms with van der Waals surface area (Å²) in [7, 11) is -3.25. The Labute approximate surface area is 177 Å². The number of anilines is 1. The van der Waals surface area contributed by atoms with Crippen LogP contribution in [0.25, 0.3) is 0 Å². The predicted octanol–water partition coefficient (Wildman–Crippen LogP) is 6.08. The maximum Gasteiger partial charge on any atom is 0.229 e. The Balaban J connectivity index is 1.60. The maximum absolute atomic E-state index is 11.6. The van der Waals surface area contributed by atoms with Crippen LogP contribution in [0.3, 0.4) is 0 Å². The fraction of sp³-hybridized carbons (Fsp3) is 0.520. The largest absolute Gasteiger partial charge is 0.284 e. The monoisotopic (exact) mass is 413 g/mol. The van der Waals surface area contributed by atoms with E-state index in [0.717, 1.165) is 12.3 Å². The number of nitrogens with one attached hydrogen (secondary N) is 1. The number of aryl methyl sites for hydroxylation is 2. The molecule has 0 amide bonds. The van der Waals surface area contributed by atoms with Gasteiger partial charge in [-0.3, -0.25) is 4.72 Å². The van der Waals surface area contributed by atoms with Crippen LogP contribution in [-0.4, -0.2) is 14.7 Å². The number of hydrogen-bond donors (Lipinski definition) is 1. The Morgan fingerprint density at radius 1 is 1.14 bits per heavy atom. The van der Waals surface area contributed by atoms with Crippen LogP contribution >= 0.6 is 0 Å². The van der Waals surface area contributed by atoms with Gasteiger partial charge < -0.3 is 0 Å². The first-order valence-electron chi connectivity index (χ1n) is 10.8. The molecule has 3 unspecified atom stereocenters. The van der Waals surface area contributed by atoms with Gasteiger partial charge in [-0.2, -0.15) is 0 Å². The Morgan fingerprint density at radius 2 is 1.90 bits per heavy atom. The normalized spacial score (nSPS) is 25.0. The second-order valence-electron chi connectivity index (χ2n) is 9.23. The molecule has 3 rings (SSSR count). The second kappa shape index (κ2) is 8.91. The van der Waals surface area contributed by atoms with E-state index in [4.69, 9.17) is 0 Å². The molecule has 1 aliphatic rings. The minimum atomic E-state index is -3.25. The van der Waals surface area contributed by atoms with E-state index in [1.807, 2.05) is 18.2 Å². The third-order valence-electron chi connectivity index (χ3n) is 6.99. The van der Waals surface area contributed by atoms with Crippen LogP contribution in [0.4, 0.5) is 5.69 Å². The molecule has 2 aromatic rings. The first-order chi connectivity index (χ1) is 13.7. The van der Waals surface area contributed by atoms with Gasteiger partial charge in [0.2, 0.25) is 10.0 Å². The van der Waals surface area contributed by atoms with E-state index >= 15 is 0 Å². The zero-order valence-corrected chi connectivity index (χ0v) is 19.1. The van der Waals surface area contributed by atoms with Crippen LogP contribution in [-0.2, 0) is 21.9 Å². The first-order valence-corrected chi connectivity index (χ1v) is 12.7. The van der Waals surface area contributed by atoms with Crippen LogP contribution < -0.4 is 4.72 Å². The summed E-state index contributed by atoms with van der Waals surface area (Å²) in [5, 5.41) is 0. The zero-order chi connectivity index (χ0) is 21.1. The molecule has 1 saturated carbocycles. The highest BCUT2D eigenvalue weighted by Crippen LogP contribution is 2.47. The van der Waals surface area contributed by atoms with Gasteiger partial charge in [0.1, 0.15) is 0 Å². The summed E-state index contributed by atoms with van der Waals surface area (Å²) in [6.45, 7) is 6.92. The van der Waals surface area contributed by atoms with Crippen LogP contribution in [0.15, 0.2) is 48.5 Å². The van der Waals surface area contributed by atoms with Crippen molar-refractivity contribution in [2.24, 2.45) is 11.8 Å². The fourth-order valence-corrected chi connectivity index (χ4v) is 5.50. The van der Waals surface area contributed by atoms with Gasteiger partial charge >= 0.3 is 0 Å². The molecule has 29 heavy (non-hydrogen) atoms. The molecule has 1 fully saturated rings. The van der Waals surface area contributed by atoms with Gasteiger partial charge in [0, 0.05) is 5.69 Å². The van der Waals surface area contributed by atoms with Crippen LogP contribution in [0.2, 0.25) is 0 Å². The quantitative estimate of drug-likeness (QED) is 0.597. The van der Waals surface area contributed by atoms with Crippen molar-refractivity contribution in [3.8, 4) is 0 Å². The number of benzene rings is 2. The zero-order valence-electron chi connectivity index (χ0n) is 18.2. The Morgan fingerprint density at radius 3 is 2.59 bits per heavy atom. The molecule has 0 aromatic heterocycles. The van der Waals surface area contributed by atoms with E-state index in [0.29, 0.717) is 11.6 Å². The minimum Gasteiger partial charge on any atom is -0.284 e. The van der Waals surface area contributed by atoms with Crippen LogP contribution in [0.1, 0.15) is 62.6 Å². The topological polar surface area (TPSA) is 46.2 Å². The molecule has 158 valence electrons. The first kappa shape index (κ1) is 21.9. The molecule has 3 nitrogen and oxygen atoms in total. The lowest BCUT2D eigenvalue weighted by Gasteiger charge is -2.44. The summed E-state index contributed by atoms with van der Waals surface area (Å²) in [6, 6.07) is 16.7. The van der Waals surface area contributed by atoms with Crippen molar-refractivity contribution >= 4 is 15.7 Å². The molecular formula is C25H35NO2S. The molecule has 0 bridgehead atoms. The molecule has 0 radical (unpaired) electrons. The summed E-state index contributed by atoms with van der Waals surface area (Å²) in [6.07, 6.45) is 8.58. The highest BCUT2D eigenvalue weighted by atomic mass is 32.2. The summed E-state index contributed by atoms with van der Waals surface area (Å²) in [5.41, 5.74) is 4.90. The predicted molar refractivity (Wildman–Crippen MR) is 123 cm³/mol. The summed E-state index contributed by atoms with van der Waals surface area (Å²) < 4.78 is 25.8. The van der Waals surface area contributed by atoms with Gasteiger partial charge in [-0.1, -0.05) is 56.7 Å². The van der Waals surface area contributed by atoms with E-state index in [1.165, 1.54) is 55.1 Å². The Kier molecular flexibility index (Phi) is 6.72. The van der Waals surface area contributed by atoms with Crippen molar-refractivity contribution in [1.29, 1.82) is 0 Å². The third kappa shape index (κ3) is 5.63. The third-order valence-corrected chi connectivity index (χ3v) is 7.60. The van der Waals surface area contributed by atoms with E-state index in [2.05, 4.69) is 55.8 Å². The molecule has 1 N–H and O–H groups in total. The standard InChI is InChI=1S/C25H35NO2S/c1-19-9-5-6-11-22(19)12-7-10-21-15-16-25(3,20(2)17-21)23-13-8-14-24(18-23)26-29(4,27)28/h5-6,8-9,11,13-14,18,20-21,26H,7,10,12,15-17H2,1-4H3. The van der Waals surface area contributed by atoms with Crippen LogP contribution in [0, 0.1) is 18.8 Å². The SMILES string of the molecule is Cc1ccccc1CCCC1CCC(C)(c2cccc(NS(C)(=O)=O)c2)C(C)C1. The minimum absolute atomic E-state index is 0.0989. The van der Waals surface area contributed by atoms with Crippen molar-refractivity contribution < 1.29 is 8.42 Å². The van der Waals surface area contributed by atoms with Crippen molar-refractivity contribution in [2.45, 2.75) is 64.7 Å². The lowest BCUT2D eigenvalue weighted by atomic mass is 9.61. The summed E-state index contributed by atoms with van der Waals surface area (Å²) in [5.74, 6) is 1.37. The molecule has 3 atom stereocenters. The lowest BCUT2D eigenvalue weighted by molar-refractivity contribution is 0.159. The average molecular weight is 414 g/mol. The van der Waals surface area contributed by atoms with E-state index in [1.54, 1.807) is 0 Å². The summed E-state index contributed by atoms with van der Waals surface area (Å²) >= 11 is 0.